The molecule has 1 N–H and O–H groups in total. The van der Waals surface area contributed by atoms with E-state index in [-0.39, 0.29) is 28.6 Å². The SMILES string of the molecule is COc1cc(N2CCN(C3=Nc4c(csc4F)C(CC(=O)O)N3c3cc(C(F)(F)F)ccc3OC)CC2)ncn1. The molecule has 1 unspecified atom stereocenters. The number of aliphatic imine (C=N–C) groups is 1. The van der Waals surface area contributed by atoms with E-state index in [1.807, 2.05) is 4.90 Å². The quantitative estimate of drug-likeness (QED) is 0.421. The van der Waals surface area contributed by atoms with Crippen molar-refractivity contribution in [3.8, 4) is 11.6 Å². The summed E-state index contributed by atoms with van der Waals surface area (Å²) in [6.07, 6.45) is -3.80. The number of hydrogen-bond donors (Lipinski definition) is 1. The number of aromatic nitrogens is 2. The molecule has 0 bridgehead atoms. The van der Waals surface area contributed by atoms with Gasteiger partial charge in [0.2, 0.25) is 17.0 Å². The zero-order chi connectivity index (χ0) is 28.6. The molecule has 1 atom stereocenters. The standard InChI is InChI=1S/C25H24F4N6O4S/c1-38-18-4-3-14(25(27,28)29)9-17(18)35-16(10-21(36)37)15-12-40-23(26)22(15)32-24(35)34-7-5-33(6-8-34)19-11-20(39-2)31-13-30-19/h3-4,9,11-13,16H,5-8,10H2,1-2H3,(H,36,37). The van der Waals surface area contributed by atoms with Crippen LogP contribution in [0.3, 0.4) is 0 Å². The van der Waals surface area contributed by atoms with Gasteiger partial charge >= 0.3 is 12.1 Å². The lowest BCUT2D eigenvalue weighted by atomic mass is 10.00. The summed E-state index contributed by atoms with van der Waals surface area (Å²) in [5.41, 5.74) is -0.708. The van der Waals surface area contributed by atoms with Gasteiger partial charge in [0.05, 0.1) is 37.9 Å². The minimum Gasteiger partial charge on any atom is -0.495 e. The van der Waals surface area contributed by atoms with Gasteiger partial charge in [-0.2, -0.15) is 17.6 Å². The summed E-state index contributed by atoms with van der Waals surface area (Å²) < 4.78 is 66.7. The average molecular weight is 581 g/mol. The molecular formula is C25H24F4N6O4S. The Morgan fingerprint density at radius 3 is 2.48 bits per heavy atom. The number of rotatable bonds is 6. The zero-order valence-corrected chi connectivity index (χ0v) is 22.2. The van der Waals surface area contributed by atoms with E-state index in [0.29, 0.717) is 37.9 Å². The van der Waals surface area contributed by atoms with Crippen molar-refractivity contribution in [1.82, 2.24) is 14.9 Å². The summed E-state index contributed by atoms with van der Waals surface area (Å²) in [6.45, 7) is 1.55. The number of thiophene rings is 1. The monoisotopic (exact) mass is 580 g/mol. The van der Waals surface area contributed by atoms with Crippen LogP contribution in [0.2, 0.25) is 0 Å². The van der Waals surface area contributed by atoms with Crippen molar-refractivity contribution >= 4 is 40.5 Å². The summed E-state index contributed by atoms with van der Waals surface area (Å²) in [6, 6.07) is 3.61. The Labute approximate surface area is 230 Å². The van der Waals surface area contributed by atoms with E-state index in [2.05, 4.69) is 15.0 Å². The van der Waals surface area contributed by atoms with E-state index in [9.17, 15) is 27.5 Å². The predicted octanol–water partition coefficient (Wildman–Crippen LogP) is 4.56. The molecule has 0 spiro atoms. The number of benzene rings is 1. The molecular weight excluding hydrogens is 556 g/mol. The minimum atomic E-state index is -4.67. The first-order valence-corrected chi connectivity index (χ1v) is 13.0. The number of carboxylic acid groups (broad SMARTS) is 1. The largest absolute Gasteiger partial charge is 0.495 e. The van der Waals surface area contributed by atoms with Crippen LogP contribution in [-0.2, 0) is 11.0 Å². The molecule has 2 aliphatic heterocycles. The molecule has 0 radical (unpaired) electrons. The number of guanidine groups is 1. The maximum absolute atomic E-state index is 14.9. The lowest BCUT2D eigenvalue weighted by Crippen LogP contribution is -2.55. The zero-order valence-electron chi connectivity index (χ0n) is 21.4. The molecule has 40 heavy (non-hydrogen) atoms. The molecule has 15 heteroatoms. The fraction of sp³-hybridized carbons (Fsp3) is 0.360. The number of carbonyl (C=O) groups is 1. The number of fused-ring (bicyclic) bond motifs is 1. The minimum absolute atomic E-state index is 0.0172. The third kappa shape index (κ3) is 5.20. The topological polar surface area (TPSA) is 104 Å². The first-order valence-electron chi connectivity index (χ1n) is 12.1. The molecule has 10 nitrogen and oxygen atoms in total. The van der Waals surface area contributed by atoms with Crippen LogP contribution in [0.4, 0.5) is 34.8 Å². The maximum atomic E-state index is 14.9. The summed E-state index contributed by atoms with van der Waals surface area (Å²) in [4.78, 5) is 30.0. The van der Waals surface area contributed by atoms with E-state index in [0.717, 1.165) is 23.5 Å². The second kappa shape index (κ2) is 10.8. The molecule has 0 amide bonds. The van der Waals surface area contributed by atoms with Gasteiger partial charge in [-0.05, 0) is 18.2 Å². The first-order chi connectivity index (χ1) is 19.1. The predicted molar refractivity (Wildman–Crippen MR) is 139 cm³/mol. The second-order valence-electron chi connectivity index (χ2n) is 8.99. The van der Waals surface area contributed by atoms with Gasteiger partial charge in [-0.25, -0.2) is 15.0 Å². The van der Waals surface area contributed by atoms with Crippen molar-refractivity contribution in [1.29, 1.82) is 0 Å². The van der Waals surface area contributed by atoms with Gasteiger partial charge in [0.25, 0.3) is 0 Å². The Balaban J connectivity index is 1.58. The van der Waals surface area contributed by atoms with Gasteiger partial charge in [0.1, 0.15) is 23.6 Å². The van der Waals surface area contributed by atoms with E-state index in [4.69, 9.17) is 9.47 Å². The number of ether oxygens (including phenoxy) is 2. The lowest BCUT2D eigenvalue weighted by molar-refractivity contribution is -0.138. The fourth-order valence-corrected chi connectivity index (χ4v) is 5.56. The van der Waals surface area contributed by atoms with Crippen LogP contribution in [0.5, 0.6) is 11.6 Å². The molecule has 1 fully saturated rings. The maximum Gasteiger partial charge on any atom is 0.416 e. The summed E-state index contributed by atoms with van der Waals surface area (Å²) in [5, 5.41) is 10.6. The van der Waals surface area contributed by atoms with Gasteiger partial charge < -0.3 is 29.3 Å². The number of aliphatic carboxylic acids is 1. The van der Waals surface area contributed by atoms with E-state index in [1.54, 1.807) is 11.0 Å². The highest BCUT2D eigenvalue weighted by Crippen LogP contribution is 2.47. The van der Waals surface area contributed by atoms with Crippen LogP contribution in [0.25, 0.3) is 0 Å². The van der Waals surface area contributed by atoms with Gasteiger partial charge in [-0.3, -0.25) is 4.79 Å². The van der Waals surface area contributed by atoms with E-state index in [1.165, 1.54) is 36.9 Å². The van der Waals surface area contributed by atoms with Crippen molar-refractivity contribution in [2.75, 3.05) is 50.2 Å². The normalized spacial score (nSPS) is 17.4. The average Bonchev–Trinajstić information content (AvgIpc) is 3.32. The fourth-order valence-electron chi connectivity index (χ4n) is 4.79. The van der Waals surface area contributed by atoms with Crippen molar-refractivity contribution in [2.24, 2.45) is 4.99 Å². The van der Waals surface area contributed by atoms with Crippen molar-refractivity contribution in [2.45, 2.75) is 18.6 Å². The molecule has 0 aliphatic carbocycles. The smallest absolute Gasteiger partial charge is 0.416 e. The highest BCUT2D eigenvalue weighted by Gasteiger charge is 2.41. The number of carboxylic acids is 1. The van der Waals surface area contributed by atoms with Crippen LogP contribution >= 0.6 is 11.3 Å². The lowest BCUT2D eigenvalue weighted by Gasteiger charge is -2.44. The van der Waals surface area contributed by atoms with Gasteiger partial charge in [-0.15, -0.1) is 11.3 Å². The molecule has 212 valence electrons. The van der Waals surface area contributed by atoms with Gasteiger partial charge in [0, 0.05) is 43.2 Å². The number of methoxy groups -OCH3 is 2. The number of anilines is 2. The van der Waals surface area contributed by atoms with Crippen LogP contribution in [-0.4, -0.2) is 72.3 Å². The summed E-state index contributed by atoms with van der Waals surface area (Å²) >= 11 is 0.758. The number of hydrogen-bond acceptors (Lipinski definition) is 10. The van der Waals surface area contributed by atoms with E-state index < -0.39 is 35.3 Å². The Bertz CT molecular complexity index is 1440. The number of piperazine rings is 1. The van der Waals surface area contributed by atoms with Crippen molar-refractivity contribution in [3.63, 3.8) is 0 Å². The molecule has 3 aromatic rings. The third-order valence-electron chi connectivity index (χ3n) is 6.70. The first kappa shape index (κ1) is 27.4. The highest BCUT2D eigenvalue weighted by atomic mass is 32.1. The number of halogens is 4. The van der Waals surface area contributed by atoms with Crippen LogP contribution < -0.4 is 19.3 Å². The molecule has 2 aromatic heterocycles. The van der Waals surface area contributed by atoms with Crippen LogP contribution in [0.15, 0.2) is 41.0 Å². The Hall–Kier alpha value is -4.14. The van der Waals surface area contributed by atoms with Crippen molar-refractivity contribution in [3.05, 3.63) is 52.2 Å². The molecule has 1 saturated heterocycles. The Morgan fingerprint density at radius 1 is 1.10 bits per heavy atom. The number of alkyl halides is 3. The Morgan fingerprint density at radius 2 is 1.82 bits per heavy atom. The second-order valence-corrected chi connectivity index (χ2v) is 9.82. The molecule has 4 heterocycles. The van der Waals surface area contributed by atoms with Crippen molar-refractivity contribution < 1.29 is 36.9 Å². The Kier molecular flexibility index (Phi) is 7.40. The number of nitrogens with zero attached hydrogens (tertiary/aromatic N) is 6. The van der Waals surface area contributed by atoms with E-state index >= 15 is 0 Å². The molecule has 5 rings (SSSR count). The van der Waals surface area contributed by atoms with Gasteiger partial charge in [0.15, 0.2) is 0 Å². The van der Waals surface area contributed by atoms with Crippen LogP contribution in [0, 0.1) is 5.13 Å². The third-order valence-corrected chi connectivity index (χ3v) is 7.48. The van der Waals surface area contributed by atoms with Gasteiger partial charge in [-0.1, -0.05) is 0 Å². The van der Waals surface area contributed by atoms with Crippen LogP contribution in [0.1, 0.15) is 23.6 Å². The highest BCUT2D eigenvalue weighted by molar-refractivity contribution is 7.08. The molecule has 1 aromatic carbocycles. The molecule has 2 aliphatic rings. The molecule has 0 saturated carbocycles. The summed E-state index contributed by atoms with van der Waals surface area (Å²) in [7, 11) is 2.80. The summed E-state index contributed by atoms with van der Waals surface area (Å²) in [5.74, 6) is 0.0325.